The maximum atomic E-state index is 4.78. The second kappa shape index (κ2) is 37.3. The van der Waals surface area contributed by atoms with Crippen LogP contribution in [0.4, 0.5) is 0 Å². The van der Waals surface area contributed by atoms with Crippen LogP contribution in [0, 0.1) is 6.33 Å². The molecule has 0 N–H and O–H groups in total. The molecular weight excluding hydrogens is 581 g/mol. The van der Waals surface area contributed by atoms with E-state index in [2.05, 4.69) is 27.1 Å². The molecule has 1 aromatic heterocycles. The normalized spacial score (nSPS) is 11.6. The van der Waals surface area contributed by atoms with E-state index in [0.717, 1.165) is 12.8 Å². The van der Waals surface area contributed by atoms with Crippen LogP contribution in [0.3, 0.4) is 0 Å². The fraction of sp³-hybridized carbons (Fsp3) is 0.913. The van der Waals surface area contributed by atoms with Gasteiger partial charge in [-0.1, -0.05) is 233 Å². The first-order valence-corrected chi connectivity index (χ1v) is 22.6. The van der Waals surface area contributed by atoms with Crippen molar-refractivity contribution in [3.63, 3.8) is 0 Å². The van der Waals surface area contributed by atoms with Gasteiger partial charge < -0.3 is 0 Å². The maximum absolute atomic E-state index is 4.78. The minimum absolute atomic E-state index is 1.13. The maximum Gasteiger partial charge on any atom is 0.198 e. The standard InChI is InChI=1S/C46H87N2/c1-4-7-10-13-16-19-22-25-28-31-34-37-40-44-45(41-38-35-32-29-26-23-20-17-14-11-8-5-2)47-43-48-46(44)42-39-36-33-30-27-24-21-18-15-12-9-6-3/h4-42H2,1-3H3. The lowest BCUT2D eigenvalue weighted by atomic mass is 9.96. The third kappa shape index (κ3) is 28.9. The summed E-state index contributed by atoms with van der Waals surface area (Å²) in [5.74, 6) is 0. The molecule has 1 aromatic rings. The molecule has 0 aliphatic heterocycles. The highest BCUT2D eigenvalue weighted by Gasteiger charge is 2.12. The van der Waals surface area contributed by atoms with Crippen LogP contribution >= 0.6 is 0 Å². The summed E-state index contributed by atoms with van der Waals surface area (Å²) in [6.07, 6.45) is 57.3. The third-order valence-corrected chi connectivity index (χ3v) is 10.9. The number of hydrogen-bond acceptors (Lipinski definition) is 2. The number of unbranched alkanes of at least 4 members (excludes halogenated alkanes) is 33. The molecule has 0 fully saturated rings. The van der Waals surface area contributed by atoms with Crippen LogP contribution in [-0.4, -0.2) is 9.97 Å². The fourth-order valence-corrected chi connectivity index (χ4v) is 7.56. The first kappa shape index (κ1) is 45.1. The largest absolute Gasteiger partial charge is 0.230 e. The summed E-state index contributed by atoms with van der Waals surface area (Å²) in [4.78, 5) is 9.55. The van der Waals surface area contributed by atoms with Gasteiger partial charge in [-0.25, -0.2) is 9.97 Å². The number of aryl methyl sites for hydroxylation is 2. The van der Waals surface area contributed by atoms with Gasteiger partial charge in [-0.15, -0.1) is 0 Å². The van der Waals surface area contributed by atoms with Crippen molar-refractivity contribution in [1.29, 1.82) is 0 Å². The Morgan fingerprint density at radius 3 is 0.729 bits per heavy atom. The lowest BCUT2D eigenvalue weighted by molar-refractivity contribution is 0.538. The van der Waals surface area contributed by atoms with Gasteiger partial charge in [-0.3, -0.25) is 0 Å². The number of nitrogens with zero attached hydrogens (tertiary/aromatic N) is 2. The Labute approximate surface area is 303 Å². The second-order valence-corrected chi connectivity index (χ2v) is 15.6. The first-order chi connectivity index (χ1) is 23.8. The molecule has 2 heteroatoms. The van der Waals surface area contributed by atoms with Crippen LogP contribution in [0.25, 0.3) is 0 Å². The van der Waals surface area contributed by atoms with Crippen molar-refractivity contribution < 1.29 is 0 Å². The first-order valence-electron chi connectivity index (χ1n) is 22.6. The molecule has 2 nitrogen and oxygen atoms in total. The van der Waals surface area contributed by atoms with Gasteiger partial charge in [0.15, 0.2) is 6.33 Å². The Morgan fingerprint density at radius 1 is 0.271 bits per heavy atom. The van der Waals surface area contributed by atoms with Gasteiger partial charge in [0, 0.05) is 11.4 Å². The van der Waals surface area contributed by atoms with Crippen molar-refractivity contribution in [1.82, 2.24) is 9.97 Å². The Balaban J connectivity index is 2.37. The summed E-state index contributed by atoms with van der Waals surface area (Å²) < 4.78 is 0. The van der Waals surface area contributed by atoms with Crippen molar-refractivity contribution in [2.75, 3.05) is 0 Å². The molecule has 0 atom stereocenters. The lowest BCUT2D eigenvalue weighted by Crippen LogP contribution is -2.07. The molecule has 1 radical (unpaired) electrons. The van der Waals surface area contributed by atoms with E-state index >= 15 is 0 Å². The molecule has 0 aliphatic rings. The van der Waals surface area contributed by atoms with E-state index in [1.807, 2.05) is 0 Å². The van der Waals surface area contributed by atoms with E-state index in [-0.39, 0.29) is 0 Å². The zero-order valence-corrected chi connectivity index (χ0v) is 33.5. The van der Waals surface area contributed by atoms with Crippen LogP contribution in [0.5, 0.6) is 0 Å². The summed E-state index contributed by atoms with van der Waals surface area (Å²) in [6, 6.07) is 0. The van der Waals surface area contributed by atoms with Gasteiger partial charge in [0.1, 0.15) is 0 Å². The van der Waals surface area contributed by atoms with Crippen molar-refractivity contribution in [3.8, 4) is 0 Å². The zero-order chi connectivity index (χ0) is 34.4. The lowest BCUT2D eigenvalue weighted by Gasteiger charge is -2.13. The van der Waals surface area contributed by atoms with Crippen LogP contribution in [0.2, 0.25) is 0 Å². The van der Waals surface area contributed by atoms with Gasteiger partial charge >= 0.3 is 0 Å². The molecule has 48 heavy (non-hydrogen) atoms. The Kier molecular flexibility index (Phi) is 35.1. The minimum atomic E-state index is 1.13. The highest BCUT2D eigenvalue weighted by molar-refractivity contribution is 5.25. The highest BCUT2D eigenvalue weighted by Crippen LogP contribution is 2.21. The summed E-state index contributed by atoms with van der Waals surface area (Å²) >= 11 is 0. The number of aromatic nitrogens is 2. The van der Waals surface area contributed by atoms with Gasteiger partial charge in [0.2, 0.25) is 0 Å². The zero-order valence-electron chi connectivity index (χ0n) is 33.5. The number of hydrogen-bond donors (Lipinski definition) is 0. The van der Waals surface area contributed by atoms with Crippen LogP contribution < -0.4 is 0 Å². The monoisotopic (exact) mass is 668 g/mol. The van der Waals surface area contributed by atoms with Gasteiger partial charge in [0.25, 0.3) is 0 Å². The molecule has 0 bridgehead atoms. The summed E-state index contributed by atoms with van der Waals surface area (Å²) in [7, 11) is 0. The third-order valence-electron chi connectivity index (χ3n) is 10.9. The van der Waals surface area contributed by atoms with Crippen LogP contribution in [0.15, 0.2) is 0 Å². The van der Waals surface area contributed by atoms with Crippen molar-refractivity contribution >= 4 is 0 Å². The van der Waals surface area contributed by atoms with Crippen molar-refractivity contribution in [3.05, 3.63) is 23.3 Å². The molecule has 0 unspecified atom stereocenters. The molecule has 1 heterocycles. The molecule has 0 aliphatic carbocycles. The number of rotatable bonds is 39. The molecular formula is C46H87N2. The Bertz CT molecular complexity index is 712. The summed E-state index contributed by atoms with van der Waals surface area (Å²) in [5.41, 5.74) is 4.20. The van der Waals surface area contributed by atoms with Crippen molar-refractivity contribution in [2.45, 2.75) is 271 Å². The fourth-order valence-electron chi connectivity index (χ4n) is 7.56. The molecule has 0 amide bonds. The Hall–Kier alpha value is -0.920. The molecule has 0 aromatic carbocycles. The van der Waals surface area contributed by atoms with E-state index in [1.54, 1.807) is 0 Å². The smallest absolute Gasteiger partial charge is 0.198 e. The summed E-state index contributed by atoms with van der Waals surface area (Å²) in [5, 5.41) is 0. The van der Waals surface area contributed by atoms with E-state index < -0.39 is 0 Å². The average Bonchev–Trinajstić information content (AvgIpc) is 3.10. The quantitative estimate of drug-likeness (QED) is 0.0653. The second-order valence-electron chi connectivity index (χ2n) is 15.6. The summed E-state index contributed by atoms with van der Waals surface area (Å²) in [6.45, 7) is 6.93. The molecule has 1 rings (SSSR count). The average molecular weight is 668 g/mol. The predicted octanol–water partition coefficient (Wildman–Crippen LogP) is 16.0. The topological polar surface area (TPSA) is 25.8 Å². The van der Waals surface area contributed by atoms with Crippen LogP contribution in [0.1, 0.15) is 269 Å². The minimum Gasteiger partial charge on any atom is -0.230 e. The highest BCUT2D eigenvalue weighted by atomic mass is 14.8. The van der Waals surface area contributed by atoms with E-state index in [9.17, 15) is 0 Å². The van der Waals surface area contributed by atoms with E-state index in [4.69, 9.17) is 9.97 Å². The Morgan fingerprint density at radius 2 is 0.479 bits per heavy atom. The molecule has 281 valence electrons. The van der Waals surface area contributed by atoms with E-state index in [0.29, 0.717) is 0 Å². The van der Waals surface area contributed by atoms with E-state index in [1.165, 1.54) is 255 Å². The van der Waals surface area contributed by atoms with Crippen LogP contribution in [-0.2, 0) is 19.3 Å². The van der Waals surface area contributed by atoms with Crippen molar-refractivity contribution in [2.24, 2.45) is 0 Å². The molecule has 0 saturated heterocycles. The van der Waals surface area contributed by atoms with Gasteiger partial charge in [-0.05, 0) is 44.1 Å². The van der Waals surface area contributed by atoms with Gasteiger partial charge in [-0.2, -0.15) is 0 Å². The molecule has 0 saturated carbocycles. The SMILES string of the molecule is CCCCCCCCCCCCCCc1n[c]nc(CCCCCCCCCCCCCC)c1CCCCCCCCCCCCCC. The molecule has 0 spiro atoms. The van der Waals surface area contributed by atoms with Gasteiger partial charge in [0.05, 0.1) is 0 Å². The predicted molar refractivity (Wildman–Crippen MR) is 215 cm³/mol.